The van der Waals surface area contributed by atoms with Crippen molar-refractivity contribution in [2.75, 3.05) is 13.2 Å². The lowest BCUT2D eigenvalue weighted by Crippen LogP contribution is -2.51. The highest BCUT2D eigenvalue weighted by Crippen LogP contribution is 2.68. The summed E-state index contributed by atoms with van der Waals surface area (Å²) < 4.78 is 29.1. The highest BCUT2D eigenvalue weighted by molar-refractivity contribution is 7.48. The Hall–Kier alpha value is -0.150. The standard InChI is InChI=1S/C29H49O4P/c1-20(2)7-6-8-21(3)25-11-12-26-24-10-9-22-19-23(33-34(30)31-17-18-32-34)13-15-28(22,4)27(24)14-16-29(25,26)5/h9,20-21,23-27H,6-8,10-19H2,1-5H3/t21-,23+,24+,25-,26+,27+,28+,29-/m1/s1. The van der Waals surface area contributed by atoms with Crippen molar-refractivity contribution in [1.29, 1.82) is 0 Å². The SMILES string of the molecule is CC(C)CCC[C@@H](C)[C@H]1CC[C@H]2[C@@H]3CC=C4C[C@@H](OP5(=O)OCCO5)CC[C@]4(C)[C@H]3CC[C@]12C. The van der Waals surface area contributed by atoms with Crippen LogP contribution in [0, 0.1) is 46.3 Å². The summed E-state index contributed by atoms with van der Waals surface area (Å²) in [6.07, 6.45) is 16.7. The smallest absolute Gasteiger partial charge is 0.284 e. The fourth-order valence-corrected chi connectivity index (χ4v) is 10.7. The average molecular weight is 493 g/mol. The lowest BCUT2D eigenvalue weighted by atomic mass is 9.47. The van der Waals surface area contributed by atoms with E-state index < -0.39 is 7.82 Å². The molecule has 0 radical (unpaired) electrons. The van der Waals surface area contributed by atoms with Gasteiger partial charge < -0.3 is 0 Å². The highest BCUT2D eigenvalue weighted by atomic mass is 31.2. The Balaban J connectivity index is 1.27. The Labute approximate surface area is 208 Å². The first-order chi connectivity index (χ1) is 16.1. The number of hydrogen-bond acceptors (Lipinski definition) is 4. The van der Waals surface area contributed by atoms with Crippen molar-refractivity contribution in [3.05, 3.63) is 11.6 Å². The molecule has 3 saturated carbocycles. The quantitative estimate of drug-likeness (QED) is 0.264. The molecule has 0 bridgehead atoms. The van der Waals surface area contributed by atoms with Gasteiger partial charge in [-0.2, -0.15) is 0 Å². The van der Waals surface area contributed by atoms with E-state index in [0.717, 1.165) is 54.8 Å². The van der Waals surface area contributed by atoms with Crippen LogP contribution in [0.4, 0.5) is 0 Å². The Morgan fingerprint density at radius 2 is 1.79 bits per heavy atom. The van der Waals surface area contributed by atoms with Gasteiger partial charge >= 0.3 is 7.82 Å². The van der Waals surface area contributed by atoms with Gasteiger partial charge in [-0.3, -0.25) is 13.6 Å². The molecule has 194 valence electrons. The third-order valence-corrected chi connectivity index (χ3v) is 12.7. The summed E-state index contributed by atoms with van der Waals surface area (Å²) in [7, 11) is -3.32. The molecule has 0 aromatic carbocycles. The molecule has 0 unspecified atom stereocenters. The first kappa shape index (κ1) is 25.5. The summed E-state index contributed by atoms with van der Waals surface area (Å²) in [6, 6.07) is 0. The van der Waals surface area contributed by atoms with Crippen molar-refractivity contribution >= 4 is 7.82 Å². The molecule has 1 saturated heterocycles. The zero-order chi connectivity index (χ0) is 24.1. The van der Waals surface area contributed by atoms with Crippen molar-refractivity contribution in [3.8, 4) is 0 Å². The van der Waals surface area contributed by atoms with Gasteiger partial charge in [0.1, 0.15) is 0 Å². The van der Waals surface area contributed by atoms with E-state index in [1.54, 1.807) is 5.57 Å². The molecule has 0 spiro atoms. The second-order valence-electron chi connectivity index (χ2n) is 13.4. The molecule has 4 nitrogen and oxygen atoms in total. The van der Waals surface area contributed by atoms with Crippen LogP contribution in [0.3, 0.4) is 0 Å². The van der Waals surface area contributed by atoms with E-state index in [0.29, 0.717) is 18.6 Å². The van der Waals surface area contributed by atoms with Gasteiger partial charge in [0, 0.05) is 0 Å². The predicted octanol–water partition coefficient (Wildman–Crippen LogP) is 8.57. The molecule has 5 aliphatic rings. The van der Waals surface area contributed by atoms with Crippen LogP contribution in [0.2, 0.25) is 0 Å². The van der Waals surface area contributed by atoms with E-state index in [1.807, 2.05) is 0 Å². The molecule has 4 aliphatic carbocycles. The Morgan fingerprint density at radius 1 is 1.03 bits per heavy atom. The van der Waals surface area contributed by atoms with Crippen molar-refractivity contribution < 1.29 is 18.1 Å². The molecule has 5 heteroatoms. The maximum absolute atomic E-state index is 12.6. The number of fused-ring (bicyclic) bond motifs is 5. The summed E-state index contributed by atoms with van der Waals surface area (Å²) in [6.45, 7) is 13.3. The molecule has 34 heavy (non-hydrogen) atoms. The summed E-state index contributed by atoms with van der Waals surface area (Å²) in [5.41, 5.74) is 2.39. The van der Waals surface area contributed by atoms with Crippen LogP contribution in [0.1, 0.15) is 105 Å². The minimum Gasteiger partial charge on any atom is -0.284 e. The molecule has 0 aromatic heterocycles. The van der Waals surface area contributed by atoms with E-state index >= 15 is 0 Å². The van der Waals surface area contributed by atoms with Crippen LogP contribution in [-0.4, -0.2) is 19.3 Å². The van der Waals surface area contributed by atoms with Gasteiger partial charge in [0.25, 0.3) is 0 Å². The van der Waals surface area contributed by atoms with Crippen LogP contribution in [0.25, 0.3) is 0 Å². The summed E-state index contributed by atoms with van der Waals surface area (Å²) in [4.78, 5) is 0. The van der Waals surface area contributed by atoms with Gasteiger partial charge in [0.15, 0.2) is 0 Å². The molecule has 8 atom stereocenters. The summed E-state index contributed by atoms with van der Waals surface area (Å²) >= 11 is 0. The zero-order valence-corrected chi connectivity index (χ0v) is 23.3. The molecule has 0 amide bonds. The van der Waals surface area contributed by atoms with E-state index in [4.69, 9.17) is 13.6 Å². The molecule has 4 fully saturated rings. The normalized spacial score (nSPS) is 44.3. The molecule has 0 N–H and O–H groups in total. The van der Waals surface area contributed by atoms with Crippen LogP contribution in [0.15, 0.2) is 11.6 Å². The molecule has 0 aromatic rings. The monoisotopic (exact) mass is 492 g/mol. The van der Waals surface area contributed by atoms with Gasteiger partial charge in [0.05, 0.1) is 19.3 Å². The largest absolute Gasteiger partial charge is 0.475 e. The number of phosphoric acid groups is 1. The molecule has 1 heterocycles. The van der Waals surface area contributed by atoms with Gasteiger partial charge in [0.2, 0.25) is 0 Å². The topological polar surface area (TPSA) is 44.8 Å². The molecular formula is C29H49O4P. The second kappa shape index (κ2) is 9.62. The van der Waals surface area contributed by atoms with E-state index in [-0.39, 0.29) is 11.5 Å². The number of allylic oxidation sites excluding steroid dienone is 1. The summed E-state index contributed by atoms with van der Waals surface area (Å²) in [5.74, 6) is 5.15. The first-order valence-corrected chi connectivity index (χ1v) is 15.9. The van der Waals surface area contributed by atoms with E-state index in [2.05, 4.69) is 40.7 Å². The predicted molar refractivity (Wildman–Crippen MR) is 137 cm³/mol. The third kappa shape index (κ3) is 4.52. The molecule has 5 rings (SSSR count). The second-order valence-corrected chi connectivity index (χ2v) is 15.0. The van der Waals surface area contributed by atoms with Crippen molar-refractivity contribution in [3.63, 3.8) is 0 Å². The first-order valence-electron chi connectivity index (χ1n) is 14.4. The maximum atomic E-state index is 12.6. The number of rotatable bonds is 7. The third-order valence-electron chi connectivity index (χ3n) is 11.1. The van der Waals surface area contributed by atoms with Gasteiger partial charge in [-0.15, -0.1) is 0 Å². The fraction of sp³-hybridized carbons (Fsp3) is 0.931. The Bertz CT molecular complexity index is 813. The fourth-order valence-electron chi connectivity index (χ4n) is 9.32. The zero-order valence-electron chi connectivity index (χ0n) is 22.4. The van der Waals surface area contributed by atoms with Crippen LogP contribution < -0.4 is 0 Å². The van der Waals surface area contributed by atoms with Gasteiger partial charge in [-0.1, -0.05) is 65.5 Å². The van der Waals surface area contributed by atoms with Crippen molar-refractivity contribution in [2.24, 2.45) is 46.3 Å². The minimum atomic E-state index is -3.32. The minimum absolute atomic E-state index is 0.0313. The number of hydrogen-bond donors (Lipinski definition) is 0. The lowest BCUT2D eigenvalue weighted by Gasteiger charge is -2.58. The van der Waals surface area contributed by atoms with Gasteiger partial charge in [-0.25, -0.2) is 4.57 Å². The highest BCUT2D eigenvalue weighted by Gasteiger charge is 2.59. The van der Waals surface area contributed by atoms with Crippen molar-refractivity contribution in [2.45, 2.75) is 111 Å². The summed E-state index contributed by atoms with van der Waals surface area (Å²) in [5, 5.41) is 0. The van der Waals surface area contributed by atoms with Gasteiger partial charge in [-0.05, 0) is 97.7 Å². The molecule has 1 aliphatic heterocycles. The van der Waals surface area contributed by atoms with E-state index in [1.165, 1.54) is 51.4 Å². The number of phosphoric ester groups is 1. The van der Waals surface area contributed by atoms with Crippen LogP contribution in [-0.2, 0) is 18.1 Å². The van der Waals surface area contributed by atoms with E-state index in [9.17, 15) is 4.57 Å². The van der Waals surface area contributed by atoms with Crippen molar-refractivity contribution in [1.82, 2.24) is 0 Å². The molecular weight excluding hydrogens is 443 g/mol. The Kier molecular flexibility index (Phi) is 7.22. The van der Waals surface area contributed by atoms with Crippen LogP contribution in [0.5, 0.6) is 0 Å². The van der Waals surface area contributed by atoms with Crippen LogP contribution >= 0.6 is 7.82 Å². The maximum Gasteiger partial charge on any atom is 0.475 e. The Morgan fingerprint density at radius 3 is 2.53 bits per heavy atom. The lowest BCUT2D eigenvalue weighted by molar-refractivity contribution is -0.0570. The average Bonchev–Trinajstić information content (AvgIpc) is 3.36.